The number of aliphatic hydroxyl groups excluding tert-OH is 6. The number of amides is 8. The number of ether oxygens (including phenoxy) is 1. The van der Waals surface area contributed by atoms with Crippen molar-refractivity contribution in [2.75, 3.05) is 26.2 Å². The number of rotatable bonds is 19. The van der Waals surface area contributed by atoms with E-state index in [0.29, 0.717) is 12.2 Å². The first-order valence-electron chi connectivity index (χ1n) is 28.9. The first kappa shape index (κ1) is 72.1. The molecule has 0 saturated carbocycles. The molecule has 14 N–H and O–H groups in total. The van der Waals surface area contributed by atoms with Crippen molar-refractivity contribution in [2.24, 2.45) is 11.7 Å². The molecule has 3 fully saturated rings. The third kappa shape index (κ3) is 18.1. The van der Waals surface area contributed by atoms with Gasteiger partial charge in [-0.05, 0) is 72.0 Å². The van der Waals surface area contributed by atoms with E-state index in [4.69, 9.17) is 14.7 Å². The van der Waals surface area contributed by atoms with Crippen LogP contribution in [0.25, 0.3) is 32.1 Å². The predicted molar refractivity (Wildman–Crippen MR) is 321 cm³/mol. The molecule has 4 heterocycles. The van der Waals surface area contributed by atoms with E-state index < -0.39 is 177 Å². The summed E-state index contributed by atoms with van der Waals surface area (Å²) < 4.78 is 14.9. The van der Waals surface area contributed by atoms with E-state index in [1.807, 2.05) is 55.5 Å². The smallest absolute Gasteiger partial charge is 0.691 e. The quantitative estimate of drug-likeness (QED) is 0.0122. The molecule has 32 heteroatoms. The third-order valence-corrected chi connectivity index (χ3v) is 17.0. The Balaban J connectivity index is 0.0000120. The normalized spacial score (nSPS) is 24.5. The van der Waals surface area contributed by atoms with Crippen molar-refractivity contribution in [1.82, 2.24) is 41.4 Å². The number of aromatic nitrogens is 1. The van der Waals surface area contributed by atoms with Crippen LogP contribution in [0.3, 0.4) is 0 Å². The van der Waals surface area contributed by atoms with Crippen LogP contribution in [0.2, 0.25) is 0 Å². The summed E-state index contributed by atoms with van der Waals surface area (Å²) in [5.41, 5.74) is 9.07. The zero-order valence-electron chi connectivity index (χ0n) is 50.3. The molecule has 8 amide bonds. The summed E-state index contributed by atoms with van der Waals surface area (Å²) in [6, 6.07) is 13.7. The topological polar surface area (TPSA) is 444 Å². The fourth-order valence-corrected chi connectivity index (χ4v) is 11.9. The van der Waals surface area contributed by atoms with E-state index in [1.165, 1.54) is 36.5 Å². The SMILES string of the molecule is CCCOc1ccc(-c2ccc(-c3ncc(-c4ccc(C(=O)NC5CC(O)CNC(=O)C6C(O)C(C)CN6C(=O)C(C(O)CC(N)=O)NC(=O)C(C(O)Cc6ccc(O)c(OSOO[O-])c6)NC(=O)C6CC(O)CN6C(=O)C(C(C)O)NC5=O)cc4)s3)cc2)cc1.[Na+]. The molecule has 13 unspecified atom stereocenters. The zero-order chi connectivity index (χ0) is 65.8. The van der Waals surface area contributed by atoms with E-state index in [-0.39, 0.29) is 58.8 Å². The number of aromatic hydroxyl groups is 1. The minimum Gasteiger partial charge on any atom is -0.691 e. The molecule has 0 spiro atoms. The van der Waals surface area contributed by atoms with Crippen LogP contribution in [0.15, 0.2) is 97.2 Å². The monoisotopic (exact) mass is 1320 g/mol. The molecule has 13 atom stereocenters. The Morgan fingerprint density at radius 1 is 0.783 bits per heavy atom. The Hall–Kier alpha value is -7.34. The van der Waals surface area contributed by atoms with Crippen LogP contribution in [-0.4, -0.2) is 197 Å². The number of carbonyl (C=O) groups is 8. The Labute approximate surface area is 557 Å². The summed E-state index contributed by atoms with van der Waals surface area (Å²) in [4.78, 5) is 121. The Kier molecular flexibility index (Phi) is 25.8. The summed E-state index contributed by atoms with van der Waals surface area (Å²) in [5, 5.41) is 105. The van der Waals surface area contributed by atoms with Gasteiger partial charge in [0.05, 0.1) is 54.5 Å². The minimum atomic E-state index is -2.22. The second-order valence-corrected chi connectivity index (χ2v) is 23.8. The number of fused-ring (bicyclic) bond motifs is 2. The van der Waals surface area contributed by atoms with Gasteiger partial charge in [0.15, 0.2) is 11.5 Å². The molecule has 8 rings (SSSR count). The van der Waals surface area contributed by atoms with Gasteiger partial charge in [0.2, 0.25) is 41.4 Å². The van der Waals surface area contributed by atoms with Crippen molar-refractivity contribution in [2.45, 2.75) is 126 Å². The number of primary amides is 1. The standard InChI is InChI=1S/C60H71N9O20S2.Na/c1-4-19-86-39-16-14-33(15-17-39)32-6-12-36(13-7-32)58-63-26-46(90-58)34-8-10-35(11-9-34)53(78)64-40-22-37(71)25-62-57(82)51-52(77)29(2)27-69(51)60(84)50(44(75)24-47(61)76)67-56(81)49(43(74)20-31-5-18-42(73)45(21-31)87-91-89-88-85)66-55(80)41-23-38(72)28-68(41)59(83)48(30(3)70)65-54(40)79;/h5-18,21,26,29-30,37-38,40-41,43-44,48-52,70-75,77,85H,4,19-20,22-25,27-28H2,1-3H3,(H2,61,76)(H,62,82)(H,64,78)(H,65,79)(H,66,80)(H,67,81);/q;+1/p-1. The van der Waals surface area contributed by atoms with Gasteiger partial charge in [-0.25, -0.2) is 4.98 Å². The second-order valence-electron chi connectivity index (χ2n) is 22.3. The number of nitrogens with one attached hydrogen (secondary N) is 5. The molecule has 3 aliphatic rings. The van der Waals surface area contributed by atoms with E-state index in [2.05, 4.69) is 40.9 Å². The van der Waals surface area contributed by atoms with Crippen molar-refractivity contribution in [3.8, 4) is 49.4 Å². The van der Waals surface area contributed by atoms with E-state index in [9.17, 15) is 79.4 Å². The van der Waals surface area contributed by atoms with Gasteiger partial charge in [0.1, 0.15) is 47.0 Å². The average molecular weight is 1320 g/mol. The van der Waals surface area contributed by atoms with Gasteiger partial charge in [-0.15, -0.1) is 15.7 Å². The van der Waals surface area contributed by atoms with E-state index in [0.717, 1.165) is 67.6 Å². The van der Waals surface area contributed by atoms with Crippen molar-refractivity contribution in [3.05, 3.63) is 108 Å². The molecule has 488 valence electrons. The van der Waals surface area contributed by atoms with Crippen molar-refractivity contribution in [3.63, 3.8) is 0 Å². The van der Waals surface area contributed by atoms with Crippen LogP contribution in [0.5, 0.6) is 17.2 Å². The van der Waals surface area contributed by atoms with Crippen LogP contribution in [0, 0.1) is 5.92 Å². The number of aliphatic hydroxyl groups is 6. The van der Waals surface area contributed by atoms with Crippen LogP contribution in [0.1, 0.15) is 62.4 Å². The molecular formula is C60H70N9NaO20S2. The van der Waals surface area contributed by atoms with Gasteiger partial charge in [0, 0.05) is 62.1 Å². The number of carbonyl (C=O) groups excluding carboxylic acids is 8. The largest absolute Gasteiger partial charge is 1.00 e. The van der Waals surface area contributed by atoms with Crippen LogP contribution < -0.4 is 76.1 Å². The van der Waals surface area contributed by atoms with Gasteiger partial charge in [0.25, 0.3) is 18.2 Å². The molecule has 1 aromatic heterocycles. The summed E-state index contributed by atoms with van der Waals surface area (Å²) in [7, 11) is 0. The van der Waals surface area contributed by atoms with Gasteiger partial charge in [-0.2, -0.15) is 0 Å². The van der Waals surface area contributed by atoms with Gasteiger partial charge in [-0.1, -0.05) is 68.4 Å². The number of hydrogen-bond donors (Lipinski definition) is 13. The van der Waals surface area contributed by atoms with E-state index >= 15 is 0 Å². The first-order chi connectivity index (χ1) is 43.4. The number of nitrogens with zero attached hydrogens (tertiary/aromatic N) is 3. The molecule has 29 nitrogen and oxygen atoms in total. The summed E-state index contributed by atoms with van der Waals surface area (Å²) in [6.45, 7) is 3.53. The van der Waals surface area contributed by atoms with E-state index in [1.54, 1.807) is 18.3 Å². The van der Waals surface area contributed by atoms with Crippen LogP contribution in [0.4, 0.5) is 0 Å². The van der Waals surface area contributed by atoms with Crippen LogP contribution >= 0.6 is 23.7 Å². The molecule has 0 aliphatic carbocycles. The third-order valence-electron chi connectivity index (χ3n) is 15.5. The van der Waals surface area contributed by atoms with Crippen molar-refractivity contribution in [1.29, 1.82) is 0 Å². The number of hydrogen-bond acceptors (Lipinski definition) is 23. The molecule has 3 aliphatic heterocycles. The number of benzene rings is 4. The fourth-order valence-electron chi connectivity index (χ4n) is 10.8. The van der Waals surface area contributed by atoms with Crippen molar-refractivity contribution >= 4 is 70.9 Å². The molecule has 3 saturated heterocycles. The fraction of sp³-hybridized carbons (Fsp3) is 0.417. The molecular weight excluding hydrogens is 1250 g/mol. The maximum atomic E-state index is 14.7. The number of phenols is 1. The molecule has 5 aromatic rings. The number of thiazole rings is 1. The number of phenolic OH excluding ortho intramolecular Hbond substituents is 1. The molecule has 0 bridgehead atoms. The maximum Gasteiger partial charge on any atom is 1.00 e. The minimum absolute atomic E-state index is 0. The Morgan fingerprint density at radius 3 is 2.07 bits per heavy atom. The van der Waals surface area contributed by atoms with Gasteiger partial charge >= 0.3 is 29.6 Å². The first-order valence-corrected chi connectivity index (χ1v) is 30.4. The molecule has 0 radical (unpaired) electrons. The van der Waals surface area contributed by atoms with Gasteiger partial charge in [-0.3, -0.25) is 43.4 Å². The average Bonchev–Trinajstić information content (AvgIpc) is 1.63. The summed E-state index contributed by atoms with van der Waals surface area (Å²) >= 11 is 1.40. The molecule has 92 heavy (non-hydrogen) atoms. The Morgan fingerprint density at radius 2 is 1.41 bits per heavy atom. The van der Waals surface area contributed by atoms with Crippen LogP contribution in [-0.2, 0) is 49.4 Å². The zero-order valence-corrected chi connectivity index (χ0v) is 53.9. The van der Waals surface area contributed by atoms with Crippen molar-refractivity contribution < 1.29 is 127 Å². The summed E-state index contributed by atoms with van der Waals surface area (Å²) in [5.74, 6) is -10.3. The Bertz CT molecular complexity index is 3410. The number of β-amino-alcohol motifs (C(OH)–C–C–N with tert-alkyl or cyclic N) is 1. The second kappa shape index (κ2) is 33.0. The number of nitrogens with two attached hydrogens (primary N) is 1. The van der Waals surface area contributed by atoms with Gasteiger partial charge < -0.3 is 92.0 Å². The molecule has 4 aromatic carbocycles. The predicted octanol–water partition coefficient (Wildman–Crippen LogP) is -4.37. The summed E-state index contributed by atoms with van der Waals surface area (Å²) in [6.07, 6.45) is -11.1. The maximum absolute atomic E-state index is 14.7.